The van der Waals surface area contributed by atoms with Crippen LogP contribution < -0.4 is 24.4 Å². The lowest BCUT2D eigenvalue weighted by Gasteiger charge is -2.34. The molecule has 1 saturated heterocycles. The Labute approximate surface area is 224 Å². The van der Waals surface area contributed by atoms with Crippen LogP contribution in [0.2, 0.25) is 0 Å². The van der Waals surface area contributed by atoms with E-state index in [9.17, 15) is 4.79 Å². The first-order valence-electron chi connectivity index (χ1n) is 13.2. The number of benzene rings is 1. The van der Waals surface area contributed by atoms with Crippen molar-refractivity contribution in [1.82, 2.24) is 24.4 Å². The van der Waals surface area contributed by atoms with Gasteiger partial charge in [-0.25, -0.2) is 4.98 Å². The first-order valence-corrected chi connectivity index (χ1v) is 13.2. The highest BCUT2D eigenvalue weighted by atomic mass is 16.5. The molecule has 38 heavy (non-hydrogen) atoms. The van der Waals surface area contributed by atoms with Crippen LogP contribution in [0.4, 0.5) is 17.5 Å². The zero-order valence-electron chi connectivity index (χ0n) is 23.4. The second kappa shape index (κ2) is 11.7. The van der Waals surface area contributed by atoms with Crippen LogP contribution in [0.3, 0.4) is 0 Å². The molecule has 0 saturated carbocycles. The maximum absolute atomic E-state index is 13.1. The van der Waals surface area contributed by atoms with Crippen LogP contribution >= 0.6 is 0 Å². The largest absolute Gasteiger partial charge is 0.493 e. The van der Waals surface area contributed by atoms with Crippen LogP contribution in [0.1, 0.15) is 46.6 Å². The van der Waals surface area contributed by atoms with Gasteiger partial charge in [-0.3, -0.25) is 4.79 Å². The Morgan fingerprint density at radius 1 is 1.11 bits per heavy atom. The van der Waals surface area contributed by atoms with Crippen molar-refractivity contribution in [1.29, 1.82) is 0 Å². The van der Waals surface area contributed by atoms with Crippen molar-refractivity contribution < 1.29 is 19.0 Å². The van der Waals surface area contributed by atoms with Gasteiger partial charge in [-0.05, 0) is 40.5 Å². The summed E-state index contributed by atoms with van der Waals surface area (Å²) in [6, 6.07) is 3.82. The third kappa shape index (κ3) is 5.27. The van der Waals surface area contributed by atoms with Crippen LogP contribution in [0.25, 0.3) is 11.2 Å². The Morgan fingerprint density at radius 2 is 1.79 bits per heavy atom. The lowest BCUT2D eigenvalue weighted by atomic mass is 9.96. The summed E-state index contributed by atoms with van der Waals surface area (Å²) >= 11 is 0. The highest BCUT2D eigenvalue weighted by molar-refractivity contribution is 5.87. The van der Waals surface area contributed by atoms with Gasteiger partial charge in [-0.1, -0.05) is 0 Å². The molecule has 0 bridgehead atoms. The fraction of sp³-hybridized carbons (Fsp3) is 0.556. The van der Waals surface area contributed by atoms with E-state index in [1.807, 2.05) is 35.4 Å². The number of carbonyl (C=O) groups excluding carboxylic acids is 1. The van der Waals surface area contributed by atoms with Crippen molar-refractivity contribution >= 4 is 34.5 Å². The molecule has 0 aliphatic carbocycles. The smallest absolute Gasteiger partial charge is 0.229 e. The van der Waals surface area contributed by atoms with E-state index in [2.05, 4.69) is 29.0 Å². The number of ether oxygens (including phenoxy) is 3. The molecule has 3 aromatic rings. The summed E-state index contributed by atoms with van der Waals surface area (Å²) in [5, 5.41) is 3.41. The van der Waals surface area contributed by atoms with Gasteiger partial charge in [0.1, 0.15) is 0 Å². The minimum atomic E-state index is -0.0792. The SMILES string of the molecule is CCN(CC)C(=O)C1CCCN(c2nc(Nc3cc(OC)c(OC)c(OC)c3)c3ncn(C(C)C)c3n2)C1. The Balaban J connectivity index is 1.75. The van der Waals surface area contributed by atoms with Crippen LogP contribution in [0.5, 0.6) is 17.2 Å². The quantitative estimate of drug-likeness (QED) is 0.415. The van der Waals surface area contributed by atoms with Gasteiger partial charge in [0.15, 0.2) is 28.5 Å². The van der Waals surface area contributed by atoms with Gasteiger partial charge in [-0.15, -0.1) is 0 Å². The first kappa shape index (κ1) is 27.3. The number of fused-ring (bicyclic) bond motifs is 1. The minimum Gasteiger partial charge on any atom is -0.493 e. The summed E-state index contributed by atoms with van der Waals surface area (Å²) in [7, 11) is 4.74. The Morgan fingerprint density at radius 3 is 2.37 bits per heavy atom. The molecule has 0 spiro atoms. The van der Waals surface area contributed by atoms with Crippen molar-refractivity contribution in [2.75, 3.05) is 57.7 Å². The number of methoxy groups -OCH3 is 3. The predicted molar refractivity (Wildman–Crippen MR) is 148 cm³/mol. The molecule has 11 nitrogen and oxygen atoms in total. The van der Waals surface area contributed by atoms with E-state index < -0.39 is 0 Å². The Kier molecular flexibility index (Phi) is 8.43. The summed E-state index contributed by atoms with van der Waals surface area (Å²) in [4.78, 5) is 31.6. The maximum atomic E-state index is 13.1. The third-order valence-corrected chi connectivity index (χ3v) is 7.02. The van der Waals surface area contributed by atoms with E-state index in [-0.39, 0.29) is 17.9 Å². The van der Waals surface area contributed by atoms with E-state index in [0.29, 0.717) is 59.9 Å². The molecule has 1 amide bonds. The minimum absolute atomic E-state index is 0.0792. The summed E-state index contributed by atoms with van der Waals surface area (Å²) in [5.74, 6) is 2.83. The maximum Gasteiger partial charge on any atom is 0.229 e. The Hall–Kier alpha value is -3.76. The Bertz CT molecular complexity index is 1250. The fourth-order valence-corrected chi connectivity index (χ4v) is 4.96. The van der Waals surface area contributed by atoms with Crippen molar-refractivity contribution in [3.63, 3.8) is 0 Å². The zero-order chi connectivity index (χ0) is 27.4. The van der Waals surface area contributed by atoms with E-state index in [1.54, 1.807) is 27.7 Å². The van der Waals surface area contributed by atoms with Crippen molar-refractivity contribution in [3.8, 4) is 17.2 Å². The predicted octanol–water partition coefficient (Wildman–Crippen LogP) is 4.26. The van der Waals surface area contributed by atoms with Gasteiger partial charge in [0.05, 0.1) is 33.6 Å². The van der Waals surface area contributed by atoms with E-state index in [4.69, 9.17) is 24.2 Å². The molecule has 1 aromatic carbocycles. The first-order chi connectivity index (χ1) is 18.3. The van der Waals surface area contributed by atoms with Crippen molar-refractivity contribution in [3.05, 3.63) is 18.5 Å². The van der Waals surface area contributed by atoms with Crippen LogP contribution in [-0.2, 0) is 4.79 Å². The molecule has 3 heterocycles. The molecule has 11 heteroatoms. The van der Waals surface area contributed by atoms with E-state index in [0.717, 1.165) is 25.0 Å². The number of nitrogens with zero attached hydrogens (tertiary/aromatic N) is 6. The van der Waals surface area contributed by atoms with Crippen LogP contribution in [0, 0.1) is 5.92 Å². The van der Waals surface area contributed by atoms with Crippen molar-refractivity contribution in [2.45, 2.75) is 46.6 Å². The molecule has 1 fully saturated rings. The van der Waals surface area contributed by atoms with Crippen molar-refractivity contribution in [2.24, 2.45) is 5.92 Å². The number of piperidine rings is 1. The summed E-state index contributed by atoms with van der Waals surface area (Å²) in [6.45, 7) is 11.0. The average molecular weight is 526 g/mol. The lowest BCUT2D eigenvalue weighted by molar-refractivity contribution is -0.135. The number of hydrogen-bond acceptors (Lipinski definition) is 9. The normalized spacial score (nSPS) is 15.6. The fourth-order valence-electron chi connectivity index (χ4n) is 4.96. The number of carbonyl (C=O) groups is 1. The molecule has 1 atom stereocenters. The third-order valence-electron chi connectivity index (χ3n) is 7.02. The van der Waals surface area contributed by atoms with Gasteiger partial charge < -0.3 is 33.9 Å². The second-order valence-corrected chi connectivity index (χ2v) is 9.62. The van der Waals surface area contributed by atoms with E-state index in [1.165, 1.54) is 0 Å². The van der Waals surface area contributed by atoms with Gasteiger partial charge >= 0.3 is 0 Å². The molecular weight excluding hydrogens is 486 g/mol. The second-order valence-electron chi connectivity index (χ2n) is 9.62. The van der Waals surface area contributed by atoms with Crippen LogP contribution in [-0.4, -0.2) is 77.8 Å². The standard InChI is InChI=1S/C27H39N7O4/c1-8-32(9-2)26(35)18-11-10-12-33(15-18)27-30-24(22-25(31-27)34(16-28-22)17(3)4)29-19-13-20(36-5)23(38-7)21(14-19)37-6/h13-14,16-18H,8-12,15H2,1-7H3,(H,29,30,31). The molecule has 1 N–H and O–H groups in total. The molecule has 2 aromatic heterocycles. The summed E-state index contributed by atoms with van der Waals surface area (Å²) < 4.78 is 18.6. The van der Waals surface area contributed by atoms with Gasteiger partial charge in [0.2, 0.25) is 17.6 Å². The molecule has 1 aliphatic rings. The number of imidazole rings is 1. The average Bonchev–Trinajstić information content (AvgIpc) is 3.38. The molecule has 206 valence electrons. The number of nitrogens with one attached hydrogen (secondary N) is 1. The number of rotatable bonds is 10. The monoisotopic (exact) mass is 525 g/mol. The number of anilines is 3. The molecule has 0 radical (unpaired) electrons. The molecule has 4 rings (SSSR count). The van der Waals surface area contributed by atoms with E-state index >= 15 is 0 Å². The van der Waals surface area contributed by atoms with Crippen LogP contribution in [0.15, 0.2) is 18.5 Å². The van der Waals surface area contributed by atoms with Gasteiger partial charge in [-0.2, -0.15) is 9.97 Å². The number of hydrogen-bond donors (Lipinski definition) is 1. The highest BCUT2D eigenvalue weighted by Crippen LogP contribution is 2.41. The zero-order valence-corrected chi connectivity index (χ0v) is 23.4. The lowest BCUT2D eigenvalue weighted by Crippen LogP contribution is -2.45. The summed E-state index contributed by atoms with van der Waals surface area (Å²) in [6.07, 6.45) is 3.56. The summed E-state index contributed by atoms with van der Waals surface area (Å²) in [5.41, 5.74) is 2.10. The topological polar surface area (TPSA) is 107 Å². The van der Waals surface area contributed by atoms with Gasteiger partial charge in [0.25, 0.3) is 0 Å². The molecule has 1 unspecified atom stereocenters. The molecule has 1 aliphatic heterocycles. The molecular formula is C27H39N7O4. The highest BCUT2D eigenvalue weighted by Gasteiger charge is 2.30. The number of aromatic nitrogens is 4. The number of amides is 1. The van der Waals surface area contributed by atoms with Gasteiger partial charge in [0, 0.05) is 50.0 Å².